The van der Waals surface area contributed by atoms with E-state index in [2.05, 4.69) is 17.0 Å². The minimum atomic E-state index is -0.332. The molecular weight excluding hydrogens is 264 g/mol. The summed E-state index contributed by atoms with van der Waals surface area (Å²) in [5.41, 5.74) is 4.26. The van der Waals surface area contributed by atoms with E-state index in [1.54, 1.807) is 18.2 Å². The SMILES string of the molecule is CN1CCc2ccccc2/C1=C\c1ccccc1[N+](=O)[O-]. The van der Waals surface area contributed by atoms with Gasteiger partial charge in [0.1, 0.15) is 0 Å². The molecule has 0 aliphatic carbocycles. The summed E-state index contributed by atoms with van der Waals surface area (Å²) in [6, 6.07) is 15.1. The van der Waals surface area contributed by atoms with E-state index in [0.29, 0.717) is 5.56 Å². The van der Waals surface area contributed by atoms with Crippen LogP contribution in [0.5, 0.6) is 0 Å². The monoisotopic (exact) mass is 280 g/mol. The zero-order valence-corrected chi connectivity index (χ0v) is 11.8. The fourth-order valence-corrected chi connectivity index (χ4v) is 2.71. The summed E-state index contributed by atoms with van der Waals surface area (Å²) >= 11 is 0. The number of benzene rings is 2. The molecule has 0 bridgehead atoms. The fraction of sp³-hybridized carbons (Fsp3) is 0.176. The van der Waals surface area contributed by atoms with Gasteiger partial charge in [0.05, 0.1) is 10.5 Å². The van der Waals surface area contributed by atoms with Crippen LogP contribution < -0.4 is 0 Å². The van der Waals surface area contributed by atoms with Crippen LogP contribution in [0.1, 0.15) is 16.7 Å². The summed E-state index contributed by atoms with van der Waals surface area (Å²) in [6.07, 6.45) is 2.91. The number of nitrogens with zero attached hydrogens (tertiary/aromatic N) is 2. The Bertz CT molecular complexity index is 722. The Labute approximate surface area is 123 Å². The Balaban J connectivity index is 2.14. The molecule has 4 nitrogen and oxygen atoms in total. The summed E-state index contributed by atoms with van der Waals surface area (Å²) in [4.78, 5) is 13.0. The smallest absolute Gasteiger partial charge is 0.276 e. The van der Waals surface area contributed by atoms with Crippen molar-refractivity contribution in [3.63, 3.8) is 0 Å². The van der Waals surface area contributed by atoms with Crippen LogP contribution in [0.25, 0.3) is 11.8 Å². The largest absolute Gasteiger partial charge is 0.374 e. The molecule has 0 radical (unpaired) electrons. The third kappa shape index (κ3) is 2.52. The molecule has 0 unspecified atom stereocenters. The van der Waals surface area contributed by atoms with Crippen LogP contribution in [-0.4, -0.2) is 23.4 Å². The molecule has 0 amide bonds. The number of nitro groups is 1. The average Bonchev–Trinajstić information content (AvgIpc) is 2.50. The first kappa shape index (κ1) is 13.4. The lowest BCUT2D eigenvalue weighted by Crippen LogP contribution is -2.25. The molecule has 0 atom stereocenters. The Hall–Kier alpha value is -2.62. The third-order valence-electron chi connectivity index (χ3n) is 3.85. The Morgan fingerprint density at radius 2 is 1.86 bits per heavy atom. The molecule has 21 heavy (non-hydrogen) atoms. The Morgan fingerprint density at radius 3 is 2.67 bits per heavy atom. The number of hydrogen-bond donors (Lipinski definition) is 0. The summed E-state index contributed by atoms with van der Waals surface area (Å²) in [5.74, 6) is 0. The van der Waals surface area contributed by atoms with Crippen LogP contribution in [0.3, 0.4) is 0 Å². The first-order valence-corrected chi connectivity index (χ1v) is 6.91. The fourth-order valence-electron chi connectivity index (χ4n) is 2.71. The highest BCUT2D eigenvalue weighted by Gasteiger charge is 2.19. The van der Waals surface area contributed by atoms with Gasteiger partial charge in [-0.3, -0.25) is 10.1 Å². The van der Waals surface area contributed by atoms with Gasteiger partial charge in [0.2, 0.25) is 0 Å². The molecule has 1 aliphatic heterocycles. The van der Waals surface area contributed by atoms with Gasteiger partial charge in [-0.1, -0.05) is 36.4 Å². The van der Waals surface area contributed by atoms with Gasteiger partial charge >= 0.3 is 0 Å². The lowest BCUT2D eigenvalue weighted by atomic mass is 9.95. The molecule has 1 aliphatic rings. The molecule has 0 N–H and O–H groups in total. The van der Waals surface area contributed by atoms with Gasteiger partial charge in [-0.15, -0.1) is 0 Å². The number of likely N-dealkylation sites (N-methyl/N-ethyl adjacent to an activating group) is 1. The Morgan fingerprint density at radius 1 is 1.14 bits per heavy atom. The van der Waals surface area contributed by atoms with E-state index in [0.717, 1.165) is 24.2 Å². The number of fused-ring (bicyclic) bond motifs is 1. The quantitative estimate of drug-likeness (QED) is 0.624. The van der Waals surface area contributed by atoms with Crippen molar-refractivity contribution in [3.8, 4) is 0 Å². The van der Waals surface area contributed by atoms with Gasteiger partial charge in [-0.2, -0.15) is 0 Å². The van der Waals surface area contributed by atoms with E-state index in [1.807, 2.05) is 31.3 Å². The molecule has 0 spiro atoms. The van der Waals surface area contributed by atoms with Crippen molar-refractivity contribution in [1.29, 1.82) is 0 Å². The van der Waals surface area contributed by atoms with E-state index in [-0.39, 0.29) is 10.6 Å². The molecule has 0 aromatic heterocycles. The lowest BCUT2D eigenvalue weighted by molar-refractivity contribution is -0.385. The summed E-state index contributed by atoms with van der Waals surface area (Å²) < 4.78 is 0. The predicted molar refractivity (Wildman–Crippen MR) is 83.7 cm³/mol. The normalized spacial score (nSPS) is 15.9. The minimum Gasteiger partial charge on any atom is -0.374 e. The zero-order valence-electron chi connectivity index (χ0n) is 11.8. The molecule has 2 aromatic rings. The van der Waals surface area contributed by atoms with Crippen molar-refractivity contribution in [2.45, 2.75) is 6.42 Å². The number of nitro benzene ring substituents is 1. The summed E-state index contributed by atoms with van der Waals surface area (Å²) in [6.45, 7) is 0.920. The Kier molecular flexibility index (Phi) is 3.44. The van der Waals surface area contributed by atoms with Gasteiger partial charge in [-0.05, 0) is 24.1 Å². The molecule has 3 rings (SSSR count). The first-order chi connectivity index (χ1) is 10.2. The highest BCUT2D eigenvalue weighted by Crippen LogP contribution is 2.31. The average molecular weight is 280 g/mol. The van der Waals surface area contributed by atoms with Crippen molar-refractivity contribution in [1.82, 2.24) is 4.90 Å². The molecule has 4 heteroatoms. The second-order valence-corrected chi connectivity index (χ2v) is 5.17. The van der Waals surface area contributed by atoms with Crippen LogP contribution in [0, 0.1) is 10.1 Å². The van der Waals surface area contributed by atoms with Crippen LogP contribution in [-0.2, 0) is 6.42 Å². The highest BCUT2D eigenvalue weighted by molar-refractivity contribution is 5.84. The van der Waals surface area contributed by atoms with Crippen LogP contribution >= 0.6 is 0 Å². The molecule has 0 saturated carbocycles. The highest BCUT2D eigenvalue weighted by atomic mass is 16.6. The van der Waals surface area contributed by atoms with E-state index in [9.17, 15) is 10.1 Å². The molecule has 0 saturated heterocycles. The maximum Gasteiger partial charge on any atom is 0.276 e. The molecule has 1 heterocycles. The van der Waals surface area contributed by atoms with E-state index in [4.69, 9.17) is 0 Å². The standard InChI is InChI=1S/C17H16N2O2/c1-18-11-10-13-6-2-4-8-15(13)17(18)12-14-7-3-5-9-16(14)19(20)21/h2-9,12H,10-11H2,1H3/b17-12+. The topological polar surface area (TPSA) is 46.4 Å². The summed E-state index contributed by atoms with van der Waals surface area (Å²) in [7, 11) is 2.02. The second-order valence-electron chi connectivity index (χ2n) is 5.17. The van der Waals surface area contributed by atoms with Crippen LogP contribution in [0.4, 0.5) is 5.69 Å². The van der Waals surface area contributed by atoms with E-state index >= 15 is 0 Å². The zero-order chi connectivity index (χ0) is 14.8. The molecule has 0 fully saturated rings. The number of para-hydroxylation sites is 1. The lowest BCUT2D eigenvalue weighted by Gasteiger charge is -2.30. The molecule has 106 valence electrons. The maximum atomic E-state index is 11.2. The number of hydrogen-bond acceptors (Lipinski definition) is 3. The minimum absolute atomic E-state index is 0.140. The van der Waals surface area contributed by atoms with Crippen molar-refractivity contribution >= 4 is 17.5 Å². The van der Waals surface area contributed by atoms with Crippen molar-refractivity contribution in [2.75, 3.05) is 13.6 Å². The van der Waals surface area contributed by atoms with Crippen molar-refractivity contribution < 1.29 is 4.92 Å². The van der Waals surface area contributed by atoms with Crippen molar-refractivity contribution in [3.05, 3.63) is 75.3 Å². The first-order valence-electron chi connectivity index (χ1n) is 6.91. The molecular formula is C17H16N2O2. The van der Waals surface area contributed by atoms with Gasteiger partial charge in [0, 0.05) is 30.9 Å². The second kappa shape index (κ2) is 5.40. The predicted octanol–water partition coefficient (Wildman–Crippen LogP) is 3.58. The summed E-state index contributed by atoms with van der Waals surface area (Å²) in [5, 5.41) is 11.2. The maximum absolute atomic E-state index is 11.2. The van der Waals surface area contributed by atoms with Crippen LogP contribution in [0.2, 0.25) is 0 Å². The van der Waals surface area contributed by atoms with Gasteiger partial charge in [0.25, 0.3) is 5.69 Å². The van der Waals surface area contributed by atoms with Gasteiger partial charge < -0.3 is 4.90 Å². The third-order valence-corrected chi connectivity index (χ3v) is 3.85. The van der Waals surface area contributed by atoms with Gasteiger partial charge in [-0.25, -0.2) is 0 Å². The van der Waals surface area contributed by atoms with E-state index in [1.165, 1.54) is 5.56 Å². The van der Waals surface area contributed by atoms with E-state index < -0.39 is 0 Å². The van der Waals surface area contributed by atoms with Crippen LogP contribution in [0.15, 0.2) is 48.5 Å². The van der Waals surface area contributed by atoms with Crippen molar-refractivity contribution in [2.24, 2.45) is 0 Å². The number of rotatable bonds is 2. The van der Waals surface area contributed by atoms with Gasteiger partial charge in [0.15, 0.2) is 0 Å². The molecule has 2 aromatic carbocycles.